The second-order valence-electron chi connectivity index (χ2n) is 4.47. The molecular formula is C12H27N3O. The lowest BCUT2D eigenvalue weighted by molar-refractivity contribution is 0.135. The van der Waals surface area contributed by atoms with Crippen molar-refractivity contribution in [3.05, 3.63) is 0 Å². The summed E-state index contributed by atoms with van der Waals surface area (Å²) in [5.41, 5.74) is 0. The van der Waals surface area contributed by atoms with E-state index < -0.39 is 0 Å². The van der Waals surface area contributed by atoms with E-state index in [2.05, 4.69) is 25.8 Å². The number of likely N-dealkylation sites (N-methyl/N-ethyl adjacent to an activating group) is 1. The predicted octanol–water partition coefficient (Wildman–Crippen LogP) is 1.72. The molecule has 1 aliphatic heterocycles. The molecule has 0 aliphatic carbocycles. The molecule has 0 unspecified atom stereocenters. The van der Waals surface area contributed by atoms with Gasteiger partial charge in [0.25, 0.3) is 0 Å². The summed E-state index contributed by atoms with van der Waals surface area (Å²) in [7, 11) is 5.67. The van der Waals surface area contributed by atoms with Crippen LogP contribution in [0.25, 0.3) is 0 Å². The van der Waals surface area contributed by atoms with Crippen LogP contribution in [0.4, 0.5) is 4.79 Å². The average molecular weight is 229 g/mol. The van der Waals surface area contributed by atoms with Crippen LogP contribution in [-0.4, -0.2) is 68.1 Å². The van der Waals surface area contributed by atoms with E-state index in [1.807, 2.05) is 4.90 Å². The summed E-state index contributed by atoms with van der Waals surface area (Å²) in [6.45, 7) is 8.04. The molecule has 2 amide bonds. The Kier molecular flexibility index (Phi) is 7.99. The maximum absolute atomic E-state index is 11.4. The Morgan fingerprint density at radius 2 is 1.50 bits per heavy atom. The van der Waals surface area contributed by atoms with Gasteiger partial charge in [-0.05, 0) is 7.05 Å². The molecule has 1 saturated heterocycles. The highest BCUT2D eigenvalue weighted by molar-refractivity contribution is 5.73. The molecule has 1 heterocycles. The first-order valence-corrected chi connectivity index (χ1v) is 6.17. The lowest BCUT2D eigenvalue weighted by atomic mass is 10.3. The van der Waals surface area contributed by atoms with E-state index in [1.165, 1.54) is 12.8 Å². The van der Waals surface area contributed by atoms with E-state index in [4.69, 9.17) is 0 Å². The van der Waals surface area contributed by atoms with E-state index in [0.29, 0.717) is 0 Å². The molecule has 4 nitrogen and oxygen atoms in total. The molecule has 1 fully saturated rings. The fourth-order valence-electron chi connectivity index (χ4n) is 1.28. The highest BCUT2D eigenvalue weighted by atomic mass is 16.2. The van der Waals surface area contributed by atoms with Gasteiger partial charge in [0, 0.05) is 40.3 Å². The molecule has 0 bridgehead atoms. The number of rotatable bonds is 1. The summed E-state index contributed by atoms with van der Waals surface area (Å²) in [4.78, 5) is 17.2. The summed E-state index contributed by atoms with van der Waals surface area (Å²) in [5.74, 6) is 0. The molecule has 1 rings (SSSR count). The van der Waals surface area contributed by atoms with Gasteiger partial charge in [0.15, 0.2) is 0 Å². The zero-order valence-corrected chi connectivity index (χ0v) is 11.5. The van der Waals surface area contributed by atoms with Crippen LogP contribution >= 0.6 is 0 Å². The van der Waals surface area contributed by atoms with Gasteiger partial charge < -0.3 is 14.7 Å². The van der Waals surface area contributed by atoms with Crippen LogP contribution in [0.5, 0.6) is 0 Å². The zero-order chi connectivity index (χ0) is 12.6. The Bertz CT molecular complexity index is 185. The van der Waals surface area contributed by atoms with E-state index in [9.17, 15) is 4.79 Å². The monoisotopic (exact) mass is 229 g/mol. The van der Waals surface area contributed by atoms with Crippen LogP contribution in [0.1, 0.15) is 26.7 Å². The largest absolute Gasteiger partial charge is 0.331 e. The van der Waals surface area contributed by atoms with Crippen molar-refractivity contribution in [2.45, 2.75) is 26.7 Å². The minimum Gasteiger partial charge on any atom is -0.331 e. The first-order chi connectivity index (χ1) is 7.52. The SMILES string of the molecule is CCCC.CN1CCN(C(=O)N(C)C)CC1. The Morgan fingerprint density at radius 1 is 1.06 bits per heavy atom. The number of piperazine rings is 1. The van der Waals surface area contributed by atoms with Crippen LogP contribution in [0.15, 0.2) is 0 Å². The Labute approximate surface area is 100 Å². The molecule has 0 aromatic carbocycles. The number of hydrogen-bond acceptors (Lipinski definition) is 2. The molecular weight excluding hydrogens is 202 g/mol. The second-order valence-corrected chi connectivity index (χ2v) is 4.47. The van der Waals surface area contributed by atoms with Gasteiger partial charge in [-0.15, -0.1) is 0 Å². The molecule has 0 aromatic rings. The van der Waals surface area contributed by atoms with Crippen molar-refractivity contribution in [3.63, 3.8) is 0 Å². The summed E-state index contributed by atoms with van der Waals surface area (Å²) in [5, 5.41) is 0. The summed E-state index contributed by atoms with van der Waals surface area (Å²) in [6, 6.07) is 0.128. The number of urea groups is 1. The van der Waals surface area contributed by atoms with Crippen LogP contribution in [0.3, 0.4) is 0 Å². The Hall–Kier alpha value is -0.770. The smallest absolute Gasteiger partial charge is 0.319 e. The summed E-state index contributed by atoms with van der Waals surface area (Å²) < 4.78 is 0. The first-order valence-electron chi connectivity index (χ1n) is 6.17. The predicted molar refractivity (Wildman–Crippen MR) is 68.7 cm³/mol. The van der Waals surface area contributed by atoms with Gasteiger partial charge in [0.05, 0.1) is 0 Å². The van der Waals surface area contributed by atoms with Crippen molar-refractivity contribution in [2.24, 2.45) is 0 Å². The molecule has 0 saturated carbocycles. The minimum absolute atomic E-state index is 0.128. The molecule has 0 atom stereocenters. The lowest BCUT2D eigenvalue weighted by Gasteiger charge is -2.33. The number of nitrogens with zero attached hydrogens (tertiary/aromatic N) is 3. The maximum atomic E-state index is 11.4. The van der Waals surface area contributed by atoms with E-state index in [-0.39, 0.29) is 6.03 Å². The molecule has 0 spiro atoms. The Morgan fingerprint density at radius 3 is 1.81 bits per heavy atom. The van der Waals surface area contributed by atoms with Crippen molar-refractivity contribution in [1.82, 2.24) is 14.7 Å². The molecule has 16 heavy (non-hydrogen) atoms. The molecule has 0 radical (unpaired) electrons. The molecule has 0 aromatic heterocycles. The van der Waals surface area contributed by atoms with Gasteiger partial charge in [-0.1, -0.05) is 26.7 Å². The van der Waals surface area contributed by atoms with Gasteiger partial charge in [0.2, 0.25) is 0 Å². The number of hydrogen-bond donors (Lipinski definition) is 0. The minimum atomic E-state index is 0.128. The molecule has 0 N–H and O–H groups in total. The van der Waals surface area contributed by atoms with Crippen molar-refractivity contribution in [2.75, 3.05) is 47.3 Å². The summed E-state index contributed by atoms with van der Waals surface area (Å²) >= 11 is 0. The molecule has 96 valence electrons. The number of carbonyl (C=O) groups is 1. The first kappa shape index (κ1) is 15.2. The van der Waals surface area contributed by atoms with Gasteiger partial charge in [0.1, 0.15) is 0 Å². The summed E-state index contributed by atoms with van der Waals surface area (Å²) in [6.07, 6.45) is 2.64. The molecule has 4 heteroatoms. The quantitative estimate of drug-likeness (QED) is 0.684. The van der Waals surface area contributed by atoms with Crippen LogP contribution in [0, 0.1) is 0 Å². The van der Waals surface area contributed by atoms with Crippen molar-refractivity contribution in [1.29, 1.82) is 0 Å². The number of unbranched alkanes of at least 4 members (excludes halogenated alkanes) is 1. The van der Waals surface area contributed by atoms with Gasteiger partial charge in [-0.2, -0.15) is 0 Å². The number of amides is 2. The fraction of sp³-hybridized carbons (Fsp3) is 0.917. The van der Waals surface area contributed by atoms with E-state index in [1.54, 1.807) is 19.0 Å². The van der Waals surface area contributed by atoms with E-state index >= 15 is 0 Å². The van der Waals surface area contributed by atoms with Crippen LogP contribution in [-0.2, 0) is 0 Å². The van der Waals surface area contributed by atoms with Gasteiger partial charge in [-0.25, -0.2) is 4.79 Å². The van der Waals surface area contributed by atoms with Crippen molar-refractivity contribution >= 4 is 6.03 Å². The third-order valence-corrected chi connectivity index (χ3v) is 2.66. The number of carbonyl (C=O) groups excluding carboxylic acids is 1. The average Bonchev–Trinajstić information content (AvgIpc) is 2.29. The highest BCUT2D eigenvalue weighted by Crippen LogP contribution is 2.01. The molecule has 1 aliphatic rings. The third-order valence-electron chi connectivity index (χ3n) is 2.66. The topological polar surface area (TPSA) is 26.8 Å². The fourth-order valence-corrected chi connectivity index (χ4v) is 1.28. The highest BCUT2D eigenvalue weighted by Gasteiger charge is 2.19. The van der Waals surface area contributed by atoms with Gasteiger partial charge in [-0.3, -0.25) is 0 Å². The normalized spacial score (nSPS) is 16.4. The standard InChI is InChI=1S/C8H17N3O.C4H10/c1-9(2)8(12)11-6-4-10(3)5-7-11;1-3-4-2/h4-7H2,1-3H3;3-4H2,1-2H3. The Balaban J connectivity index is 0.000000487. The zero-order valence-electron chi connectivity index (χ0n) is 11.5. The lowest BCUT2D eigenvalue weighted by Crippen LogP contribution is -2.50. The second kappa shape index (κ2) is 8.39. The van der Waals surface area contributed by atoms with E-state index in [0.717, 1.165) is 26.2 Å². The van der Waals surface area contributed by atoms with Crippen molar-refractivity contribution < 1.29 is 4.79 Å². The van der Waals surface area contributed by atoms with Crippen LogP contribution in [0.2, 0.25) is 0 Å². The third kappa shape index (κ3) is 5.95. The van der Waals surface area contributed by atoms with Gasteiger partial charge >= 0.3 is 6.03 Å². The van der Waals surface area contributed by atoms with Crippen molar-refractivity contribution in [3.8, 4) is 0 Å². The van der Waals surface area contributed by atoms with Crippen LogP contribution < -0.4 is 0 Å². The maximum Gasteiger partial charge on any atom is 0.319 e.